The highest BCUT2D eigenvalue weighted by Crippen LogP contribution is 2.42. The second-order valence-corrected chi connectivity index (χ2v) is 8.30. The molecule has 8 heteroatoms. The molecule has 0 atom stereocenters. The molecule has 0 spiro atoms. The summed E-state index contributed by atoms with van der Waals surface area (Å²) in [7, 11) is -4.05. The lowest BCUT2D eigenvalue weighted by Crippen LogP contribution is -2.16. The Balaban J connectivity index is 1.88. The second-order valence-electron chi connectivity index (χ2n) is 5.64. The molecule has 0 amide bonds. The van der Waals surface area contributed by atoms with Crippen LogP contribution in [0.1, 0.15) is 20.7 Å². The first kappa shape index (κ1) is 16.6. The number of rotatable bonds is 4. The van der Waals surface area contributed by atoms with Gasteiger partial charge in [-0.25, -0.2) is 13.2 Å². The van der Waals surface area contributed by atoms with Crippen molar-refractivity contribution in [3.63, 3.8) is 0 Å². The highest BCUT2D eigenvalue weighted by molar-refractivity contribution is 8.14. The average Bonchev–Trinajstić information content (AvgIpc) is 2.93. The number of sulfonamides is 1. The summed E-state index contributed by atoms with van der Waals surface area (Å²) >= 11 is 1.07. The van der Waals surface area contributed by atoms with E-state index in [0.717, 1.165) is 11.8 Å². The minimum absolute atomic E-state index is 0.00593. The molecule has 2 N–H and O–H groups in total. The van der Waals surface area contributed by atoms with E-state index in [-0.39, 0.29) is 21.3 Å². The molecule has 0 unspecified atom stereocenters. The van der Waals surface area contributed by atoms with Crippen LogP contribution in [0.3, 0.4) is 0 Å². The predicted octanol–water partition coefficient (Wildman–Crippen LogP) is 3.58. The number of anilines is 1. The summed E-state index contributed by atoms with van der Waals surface area (Å²) in [5.41, 5.74) is 0.312. The van der Waals surface area contributed by atoms with Crippen LogP contribution in [0.5, 0.6) is 0 Å². The van der Waals surface area contributed by atoms with Gasteiger partial charge in [-0.3, -0.25) is 9.52 Å². The number of carboxylic acid groups (broad SMARTS) is 1. The van der Waals surface area contributed by atoms with Crippen LogP contribution in [-0.2, 0) is 10.0 Å². The maximum Gasteiger partial charge on any atom is 0.337 e. The lowest BCUT2D eigenvalue weighted by molar-refractivity contribution is 0.0698. The monoisotopic (exact) mass is 385 g/mol. The van der Waals surface area contributed by atoms with Crippen LogP contribution >= 0.6 is 11.8 Å². The first-order valence-corrected chi connectivity index (χ1v) is 9.81. The number of nitrogens with one attached hydrogen (secondary N) is 1. The molecule has 1 aliphatic rings. The lowest BCUT2D eigenvalue weighted by Gasteiger charge is -2.13. The van der Waals surface area contributed by atoms with Gasteiger partial charge in [0.2, 0.25) is 5.12 Å². The summed E-state index contributed by atoms with van der Waals surface area (Å²) in [6.07, 6.45) is 0. The van der Waals surface area contributed by atoms with Gasteiger partial charge in [0, 0.05) is 21.2 Å². The zero-order valence-corrected chi connectivity index (χ0v) is 14.7. The Morgan fingerprint density at radius 3 is 2.54 bits per heavy atom. The Hall–Kier alpha value is -2.84. The fourth-order valence-electron chi connectivity index (χ4n) is 2.95. The van der Waals surface area contributed by atoms with Crippen LogP contribution in [0.4, 0.5) is 5.69 Å². The van der Waals surface area contributed by atoms with Crippen molar-refractivity contribution >= 4 is 49.3 Å². The molecule has 6 nitrogen and oxygen atoms in total. The van der Waals surface area contributed by atoms with Gasteiger partial charge in [-0.1, -0.05) is 24.3 Å². The third-order valence-corrected chi connectivity index (χ3v) is 6.47. The number of para-hydroxylation sites is 1. The van der Waals surface area contributed by atoms with Crippen molar-refractivity contribution in [1.82, 2.24) is 0 Å². The highest BCUT2D eigenvalue weighted by atomic mass is 32.2. The lowest BCUT2D eigenvalue weighted by atomic mass is 10.1. The Bertz CT molecular complexity index is 1200. The van der Waals surface area contributed by atoms with Gasteiger partial charge in [-0.2, -0.15) is 0 Å². The van der Waals surface area contributed by atoms with Gasteiger partial charge < -0.3 is 5.11 Å². The van der Waals surface area contributed by atoms with E-state index in [1.807, 2.05) is 0 Å². The molecule has 0 aromatic heterocycles. The van der Waals surface area contributed by atoms with E-state index in [1.165, 1.54) is 24.3 Å². The summed E-state index contributed by atoms with van der Waals surface area (Å²) in [6.45, 7) is 0. The zero-order chi connectivity index (χ0) is 18.5. The van der Waals surface area contributed by atoms with E-state index in [9.17, 15) is 23.1 Å². The standard InChI is InChI=1S/C18H11NO5S2/c20-17(21)10-4-1-2-7-13(10)19-26(23,24)15-9-8-14-16-11(15)5-3-6-12(16)18(22)25-14/h1-9,19H,(H,20,21). The molecule has 130 valence electrons. The molecular formula is C18H11NO5S2. The van der Waals surface area contributed by atoms with E-state index >= 15 is 0 Å². The molecule has 0 saturated heterocycles. The first-order valence-electron chi connectivity index (χ1n) is 7.51. The Labute approximate surface area is 152 Å². The fraction of sp³-hybridized carbons (Fsp3) is 0. The highest BCUT2D eigenvalue weighted by Gasteiger charge is 2.27. The molecule has 3 aromatic rings. The fourth-order valence-corrected chi connectivity index (χ4v) is 5.17. The molecule has 26 heavy (non-hydrogen) atoms. The van der Waals surface area contributed by atoms with Crippen molar-refractivity contribution < 1.29 is 23.1 Å². The molecule has 0 saturated carbocycles. The van der Waals surface area contributed by atoms with Gasteiger partial charge in [-0.05, 0) is 42.1 Å². The van der Waals surface area contributed by atoms with Crippen molar-refractivity contribution in [3.05, 3.63) is 65.7 Å². The summed E-state index contributed by atoms with van der Waals surface area (Å²) in [5.74, 6) is -1.23. The van der Waals surface area contributed by atoms with E-state index in [0.29, 0.717) is 21.2 Å². The summed E-state index contributed by atoms with van der Waals surface area (Å²) in [4.78, 5) is 24.1. The van der Waals surface area contributed by atoms with Crippen LogP contribution in [0.25, 0.3) is 10.8 Å². The van der Waals surface area contributed by atoms with Crippen LogP contribution in [0.15, 0.2) is 64.4 Å². The minimum atomic E-state index is -4.05. The maximum absolute atomic E-state index is 12.9. The Kier molecular flexibility index (Phi) is 3.74. The van der Waals surface area contributed by atoms with Gasteiger partial charge in [-0.15, -0.1) is 0 Å². The normalized spacial score (nSPS) is 13.2. The van der Waals surface area contributed by atoms with Gasteiger partial charge in [0.1, 0.15) is 0 Å². The van der Waals surface area contributed by atoms with E-state index in [2.05, 4.69) is 4.72 Å². The van der Waals surface area contributed by atoms with Crippen molar-refractivity contribution in [2.75, 3.05) is 4.72 Å². The average molecular weight is 385 g/mol. The number of thioether (sulfide) groups is 1. The van der Waals surface area contributed by atoms with Gasteiger partial charge in [0.05, 0.1) is 16.1 Å². The molecule has 0 bridgehead atoms. The molecule has 0 radical (unpaired) electrons. The molecule has 4 rings (SSSR count). The summed E-state index contributed by atoms with van der Waals surface area (Å²) < 4.78 is 28.2. The van der Waals surface area contributed by atoms with Crippen molar-refractivity contribution in [2.24, 2.45) is 0 Å². The quantitative estimate of drug-likeness (QED) is 0.712. The molecule has 3 aromatic carbocycles. The number of hydrogen-bond donors (Lipinski definition) is 2. The van der Waals surface area contributed by atoms with Crippen LogP contribution in [-0.4, -0.2) is 24.6 Å². The number of benzene rings is 3. The number of carbonyl (C=O) groups excluding carboxylic acids is 1. The van der Waals surface area contributed by atoms with E-state index < -0.39 is 16.0 Å². The number of carbonyl (C=O) groups is 2. The Morgan fingerprint density at radius 2 is 1.77 bits per heavy atom. The Morgan fingerprint density at radius 1 is 1.00 bits per heavy atom. The van der Waals surface area contributed by atoms with E-state index in [1.54, 1.807) is 30.3 Å². The molecule has 0 aliphatic carbocycles. The smallest absolute Gasteiger partial charge is 0.337 e. The van der Waals surface area contributed by atoms with Crippen LogP contribution in [0, 0.1) is 0 Å². The molecule has 0 fully saturated rings. The van der Waals surface area contributed by atoms with Crippen molar-refractivity contribution in [3.8, 4) is 0 Å². The maximum atomic E-state index is 12.9. The topological polar surface area (TPSA) is 101 Å². The molecular weight excluding hydrogens is 374 g/mol. The van der Waals surface area contributed by atoms with Crippen molar-refractivity contribution in [2.45, 2.75) is 9.79 Å². The van der Waals surface area contributed by atoms with E-state index in [4.69, 9.17) is 0 Å². The summed E-state index contributed by atoms with van der Waals surface area (Å²) in [6, 6.07) is 13.7. The van der Waals surface area contributed by atoms with Crippen molar-refractivity contribution in [1.29, 1.82) is 0 Å². The van der Waals surface area contributed by atoms with Crippen LogP contribution < -0.4 is 4.72 Å². The summed E-state index contributed by atoms with van der Waals surface area (Å²) in [5, 5.41) is 10.2. The van der Waals surface area contributed by atoms with Gasteiger partial charge >= 0.3 is 5.97 Å². The minimum Gasteiger partial charge on any atom is -0.478 e. The third kappa shape index (κ3) is 2.54. The third-order valence-electron chi connectivity index (χ3n) is 4.08. The molecule has 1 aliphatic heterocycles. The second kappa shape index (κ2) is 5.86. The van der Waals surface area contributed by atoms with Crippen LogP contribution in [0.2, 0.25) is 0 Å². The van der Waals surface area contributed by atoms with Gasteiger partial charge in [0.25, 0.3) is 10.0 Å². The first-order chi connectivity index (χ1) is 12.4. The number of aromatic carboxylic acids is 1. The number of hydrogen-bond acceptors (Lipinski definition) is 5. The largest absolute Gasteiger partial charge is 0.478 e. The molecule has 1 heterocycles. The SMILES string of the molecule is O=C(O)c1ccccc1NS(=O)(=O)c1ccc2c3c(cccc13)C(=O)S2. The van der Waals surface area contributed by atoms with Gasteiger partial charge in [0.15, 0.2) is 0 Å². The predicted molar refractivity (Wildman–Crippen MR) is 98.3 cm³/mol. The number of carboxylic acids is 1. The zero-order valence-electron chi connectivity index (χ0n) is 13.1.